The Morgan fingerprint density at radius 2 is 1.84 bits per heavy atom. The summed E-state index contributed by atoms with van der Waals surface area (Å²) in [5.74, 6) is -0.322. The third-order valence-corrected chi connectivity index (χ3v) is 6.50. The van der Waals surface area contributed by atoms with E-state index in [-0.39, 0.29) is 18.4 Å². The summed E-state index contributed by atoms with van der Waals surface area (Å²) in [5, 5.41) is 3.60. The number of nitrogens with one attached hydrogen (secondary N) is 1. The van der Waals surface area contributed by atoms with E-state index in [0.29, 0.717) is 16.5 Å². The molecule has 0 saturated heterocycles. The normalized spacial score (nSPS) is 14.8. The van der Waals surface area contributed by atoms with Crippen molar-refractivity contribution in [3.8, 4) is 0 Å². The van der Waals surface area contributed by atoms with Gasteiger partial charge in [0.15, 0.2) is 0 Å². The number of carbonyl (C=O) groups excluding carboxylic acids is 2. The van der Waals surface area contributed by atoms with Crippen LogP contribution >= 0.6 is 23.4 Å². The van der Waals surface area contributed by atoms with Crippen LogP contribution in [-0.4, -0.2) is 49.4 Å². The van der Waals surface area contributed by atoms with Crippen LogP contribution < -0.4 is 10.2 Å². The largest absolute Gasteiger partial charge is 0.355 e. The van der Waals surface area contributed by atoms with E-state index in [1.54, 1.807) is 17.0 Å². The summed E-state index contributed by atoms with van der Waals surface area (Å²) in [4.78, 5) is 31.2. The Kier molecular flexibility index (Phi) is 8.58. The number of para-hydroxylation sites is 1. The van der Waals surface area contributed by atoms with Crippen molar-refractivity contribution in [3.63, 3.8) is 0 Å². The monoisotopic (exact) mass is 457 g/mol. The van der Waals surface area contributed by atoms with Crippen molar-refractivity contribution < 1.29 is 9.59 Å². The van der Waals surface area contributed by atoms with Crippen LogP contribution in [0.5, 0.6) is 0 Å². The van der Waals surface area contributed by atoms with Gasteiger partial charge in [0.25, 0.3) is 5.91 Å². The number of nitrogens with zero attached hydrogens (tertiary/aromatic N) is 2. The molecule has 0 spiro atoms. The Morgan fingerprint density at radius 1 is 1.13 bits per heavy atom. The highest BCUT2D eigenvalue weighted by Gasteiger charge is 2.30. The Bertz CT molecular complexity index is 942. The molecule has 1 aliphatic heterocycles. The molecule has 1 N–H and O–H groups in total. The summed E-state index contributed by atoms with van der Waals surface area (Å²) in [7, 11) is 0. The number of amides is 2. The number of anilines is 1. The second-order valence-corrected chi connectivity index (χ2v) is 8.77. The number of hydrogen-bond donors (Lipinski definition) is 1. The van der Waals surface area contributed by atoms with E-state index in [2.05, 4.69) is 24.1 Å². The fourth-order valence-electron chi connectivity index (χ4n) is 3.40. The second kappa shape index (κ2) is 11.4. The summed E-state index contributed by atoms with van der Waals surface area (Å²) in [6.07, 6.45) is 2.73. The van der Waals surface area contributed by atoms with Gasteiger partial charge < -0.3 is 10.2 Å². The Hall–Kier alpha value is -2.28. The fraction of sp³-hybridized carbons (Fsp3) is 0.333. The van der Waals surface area contributed by atoms with Crippen LogP contribution in [0.3, 0.4) is 0 Å². The first-order valence-corrected chi connectivity index (χ1v) is 11.8. The summed E-state index contributed by atoms with van der Waals surface area (Å²) in [5.41, 5.74) is 1.66. The number of benzene rings is 2. The van der Waals surface area contributed by atoms with Crippen LogP contribution in [0.4, 0.5) is 5.69 Å². The van der Waals surface area contributed by atoms with Gasteiger partial charge in [-0.2, -0.15) is 0 Å². The first-order chi connectivity index (χ1) is 15.0. The predicted octanol–water partition coefficient (Wildman–Crippen LogP) is 4.67. The van der Waals surface area contributed by atoms with Gasteiger partial charge in [-0.3, -0.25) is 14.5 Å². The second-order valence-electron chi connectivity index (χ2n) is 7.25. The minimum atomic E-state index is -0.169. The molecule has 0 aliphatic carbocycles. The van der Waals surface area contributed by atoms with Gasteiger partial charge in [-0.05, 0) is 62.0 Å². The van der Waals surface area contributed by atoms with Crippen molar-refractivity contribution in [1.29, 1.82) is 0 Å². The van der Waals surface area contributed by atoms with Crippen LogP contribution in [0, 0.1) is 0 Å². The highest BCUT2D eigenvalue weighted by Crippen LogP contribution is 2.41. The predicted molar refractivity (Wildman–Crippen MR) is 129 cm³/mol. The number of thioether (sulfide) groups is 1. The molecule has 7 heteroatoms. The lowest BCUT2D eigenvalue weighted by Crippen LogP contribution is -2.43. The van der Waals surface area contributed by atoms with Gasteiger partial charge in [-0.15, -0.1) is 0 Å². The number of hydrogen-bond acceptors (Lipinski definition) is 4. The van der Waals surface area contributed by atoms with E-state index < -0.39 is 0 Å². The molecule has 0 bridgehead atoms. The molecule has 164 valence electrons. The van der Waals surface area contributed by atoms with E-state index in [1.807, 2.05) is 42.5 Å². The zero-order chi connectivity index (χ0) is 22.2. The number of rotatable bonds is 9. The third kappa shape index (κ3) is 6.35. The fourth-order valence-corrected chi connectivity index (χ4v) is 4.58. The quantitative estimate of drug-likeness (QED) is 0.439. The van der Waals surface area contributed by atoms with Crippen molar-refractivity contribution in [3.05, 3.63) is 64.0 Å². The zero-order valence-electron chi connectivity index (χ0n) is 17.9. The van der Waals surface area contributed by atoms with E-state index >= 15 is 0 Å². The van der Waals surface area contributed by atoms with Crippen molar-refractivity contribution in [1.82, 2.24) is 10.2 Å². The van der Waals surface area contributed by atoms with Gasteiger partial charge in [-0.1, -0.05) is 61.5 Å². The van der Waals surface area contributed by atoms with Gasteiger partial charge in [0.2, 0.25) is 5.91 Å². The minimum Gasteiger partial charge on any atom is -0.355 e. The summed E-state index contributed by atoms with van der Waals surface area (Å²) >= 11 is 7.39. The minimum absolute atomic E-state index is 0.000363. The maximum Gasteiger partial charge on any atom is 0.265 e. The van der Waals surface area contributed by atoms with E-state index in [0.717, 1.165) is 42.2 Å². The molecule has 1 heterocycles. The van der Waals surface area contributed by atoms with Crippen LogP contribution in [0.2, 0.25) is 5.02 Å². The first-order valence-electron chi connectivity index (χ1n) is 10.6. The van der Waals surface area contributed by atoms with Gasteiger partial charge in [0.1, 0.15) is 6.54 Å². The number of halogens is 1. The molecule has 0 fully saturated rings. The van der Waals surface area contributed by atoms with Crippen LogP contribution in [0.25, 0.3) is 6.08 Å². The highest BCUT2D eigenvalue weighted by molar-refractivity contribution is 8.04. The lowest BCUT2D eigenvalue weighted by Gasteiger charge is -2.30. The van der Waals surface area contributed by atoms with Gasteiger partial charge >= 0.3 is 0 Å². The summed E-state index contributed by atoms with van der Waals surface area (Å²) in [6.45, 7) is 7.82. The molecule has 0 aromatic heterocycles. The Labute approximate surface area is 193 Å². The molecule has 0 saturated carbocycles. The van der Waals surface area contributed by atoms with Crippen LogP contribution in [0.15, 0.2) is 58.3 Å². The van der Waals surface area contributed by atoms with Crippen molar-refractivity contribution in [2.45, 2.75) is 25.2 Å². The van der Waals surface area contributed by atoms with Crippen molar-refractivity contribution >= 4 is 46.9 Å². The number of fused-ring (bicyclic) bond motifs is 1. The first kappa shape index (κ1) is 23.4. The molecule has 3 rings (SSSR count). The van der Waals surface area contributed by atoms with E-state index in [9.17, 15) is 9.59 Å². The molecule has 0 radical (unpaired) electrons. The molecule has 31 heavy (non-hydrogen) atoms. The van der Waals surface area contributed by atoms with E-state index in [1.165, 1.54) is 11.8 Å². The maximum atomic E-state index is 13.2. The lowest BCUT2D eigenvalue weighted by molar-refractivity contribution is -0.122. The Morgan fingerprint density at radius 3 is 2.55 bits per heavy atom. The van der Waals surface area contributed by atoms with Crippen LogP contribution in [0.1, 0.15) is 25.8 Å². The molecule has 1 aliphatic rings. The molecule has 2 aromatic carbocycles. The molecular formula is C24H28ClN3O2S. The van der Waals surface area contributed by atoms with Crippen molar-refractivity contribution in [2.75, 3.05) is 37.6 Å². The SMILES string of the molecule is CCN(CC)CCCNC(=O)CN1C(=O)/C(=C/c2ccc(Cl)cc2)Sc2ccccc21. The standard InChI is InChI=1S/C24H28ClN3O2S/c1-3-27(4-2)15-7-14-26-23(29)17-28-20-8-5-6-9-21(20)31-22(24(28)30)16-18-10-12-19(25)13-11-18/h5-6,8-13,16H,3-4,7,14-15,17H2,1-2H3,(H,26,29)/b22-16-. The average molecular weight is 458 g/mol. The van der Waals surface area contributed by atoms with Gasteiger partial charge in [0.05, 0.1) is 10.6 Å². The summed E-state index contributed by atoms with van der Waals surface area (Å²) < 4.78 is 0. The molecule has 0 unspecified atom stereocenters. The number of carbonyl (C=O) groups is 2. The maximum absolute atomic E-state index is 13.2. The third-order valence-electron chi connectivity index (χ3n) is 5.17. The summed E-state index contributed by atoms with van der Waals surface area (Å²) in [6, 6.07) is 15.0. The van der Waals surface area contributed by atoms with Crippen molar-refractivity contribution in [2.24, 2.45) is 0 Å². The molecular weight excluding hydrogens is 430 g/mol. The van der Waals surface area contributed by atoms with Crippen LogP contribution in [-0.2, 0) is 9.59 Å². The zero-order valence-corrected chi connectivity index (χ0v) is 19.5. The van der Waals surface area contributed by atoms with Gasteiger partial charge in [-0.25, -0.2) is 0 Å². The van der Waals surface area contributed by atoms with Gasteiger partial charge in [0, 0.05) is 16.5 Å². The average Bonchev–Trinajstić information content (AvgIpc) is 2.78. The highest BCUT2D eigenvalue weighted by atomic mass is 35.5. The molecule has 5 nitrogen and oxygen atoms in total. The smallest absolute Gasteiger partial charge is 0.265 e. The van der Waals surface area contributed by atoms with E-state index in [4.69, 9.17) is 11.6 Å². The molecule has 2 aromatic rings. The molecule has 2 amide bonds. The molecule has 0 atom stereocenters. The Balaban J connectivity index is 1.70. The lowest BCUT2D eigenvalue weighted by atomic mass is 10.2. The topological polar surface area (TPSA) is 52.7 Å².